The van der Waals surface area contributed by atoms with Crippen LogP contribution >= 0.6 is 15.9 Å². The highest BCUT2D eigenvalue weighted by Crippen LogP contribution is 2.26. The zero-order chi connectivity index (χ0) is 14.5. The number of hydrogen-bond acceptors (Lipinski definition) is 2. The van der Waals surface area contributed by atoms with Crippen molar-refractivity contribution in [3.05, 3.63) is 94.6 Å². The van der Waals surface area contributed by atoms with E-state index in [1.807, 2.05) is 24.3 Å². The zero-order valence-corrected chi connectivity index (χ0v) is 13.0. The average Bonchev–Trinajstić information content (AvgIpc) is 2.55. The van der Waals surface area contributed by atoms with E-state index in [4.69, 9.17) is 0 Å². The molecule has 3 aromatic rings. The molecule has 104 valence electrons. The number of nitrogens with zero attached hydrogens (tertiary/aromatic N) is 1. The van der Waals surface area contributed by atoms with Gasteiger partial charge < -0.3 is 5.32 Å². The Balaban J connectivity index is 1.97. The van der Waals surface area contributed by atoms with Crippen LogP contribution in [0.4, 0.5) is 5.82 Å². The van der Waals surface area contributed by atoms with Crippen molar-refractivity contribution in [2.75, 3.05) is 5.32 Å². The molecule has 0 saturated heterocycles. The van der Waals surface area contributed by atoms with E-state index in [1.54, 1.807) is 6.20 Å². The van der Waals surface area contributed by atoms with E-state index >= 15 is 0 Å². The third-order valence-electron chi connectivity index (χ3n) is 3.29. The molecule has 0 radical (unpaired) electrons. The van der Waals surface area contributed by atoms with E-state index in [1.165, 1.54) is 11.1 Å². The molecule has 1 atom stereocenters. The average molecular weight is 339 g/mol. The van der Waals surface area contributed by atoms with Gasteiger partial charge in [0, 0.05) is 10.7 Å². The van der Waals surface area contributed by atoms with Crippen molar-refractivity contribution in [2.45, 2.75) is 6.04 Å². The van der Waals surface area contributed by atoms with E-state index in [2.05, 4.69) is 74.8 Å². The molecule has 0 bridgehead atoms. The highest BCUT2D eigenvalue weighted by Gasteiger charge is 2.14. The third kappa shape index (κ3) is 3.50. The normalized spacial score (nSPS) is 11.9. The lowest BCUT2D eigenvalue weighted by molar-refractivity contribution is 0.926. The molecule has 0 amide bonds. The van der Waals surface area contributed by atoms with Crippen molar-refractivity contribution < 1.29 is 0 Å². The van der Waals surface area contributed by atoms with E-state index in [9.17, 15) is 0 Å². The fraction of sp³-hybridized carbons (Fsp3) is 0.0556. The quantitative estimate of drug-likeness (QED) is 0.720. The van der Waals surface area contributed by atoms with Crippen LogP contribution in [0.25, 0.3) is 0 Å². The van der Waals surface area contributed by atoms with Gasteiger partial charge in [-0.25, -0.2) is 4.98 Å². The standard InChI is InChI=1S/C18H15BrN2/c19-16-11-9-15(10-12-16)18(14-6-2-1-3-7-14)21-17-8-4-5-13-20-17/h1-13,18H,(H,20,21)/t18-/m1/s1. The highest BCUT2D eigenvalue weighted by molar-refractivity contribution is 9.10. The first-order chi connectivity index (χ1) is 10.3. The first-order valence-corrected chi connectivity index (χ1v) is 7.60. The summed E-state index contributed by atoms with van der Waals surface area (Å²) in [6.07, 6.45) is 1.80. The molecule has 0 fully saturated rings. The molecule has 0 aliphatic heterocycles. The van der Waals surface area contributed by atoms with Gasteiger partial charge in [0.25, 0.3) is 0 Å². The molecule has 1 aromatic heterocycles. The molecule has 0 saturated carbocycles. The van der Waals surface area contributed by atoms with Crippen molar-refractivity contribution in [1.29, 1.82) is 0 Å². The predicted molar refractivity (Wildman–Crippen MR) is 90.3 cm³/mol. The van der Waals surface area contributed by atoms with Gasteiger partial charge in [0.15, 0.2) is 0 Å². The van der Waals surface area contributed by atoms with Crippen molar-refractivity contribution in [2.24, 2.45) is 0 Å². The molecular formula is C18H15BrN2. The summed E-state index contributed by atoms with van der Waals surface area (Å²) < 4.78 is 1.08. The second-order valence-corrected chi connectivity index (χ2v) is 5.67. The molecule has 21 heavy (non-hydrogen) atoms. The van der Waals surface area contributed by atoms with Gasteiger partial charge in [-0.1, -0.05) is 64.5 Å². The van der Waals surface area contributed by atoms with E-state index < -0.39 is 0 Å². The van der Waals surface area contributed by atoms with Crippen molar-refractivity contribution in [1.82, 2.24) is 4.98 Å². The lowest BCUT2D eigenvalue weighted by Gasteiger charge is -2.20. The minimum absolute atomic E-state index is 0.0780. The molecule has 1 N–H and O–H groups in total. The van der Waals surface area contributed by atoms with Gasteiger partial charge in [0.05, 0.1) is 6.04 Å². The summed E-state index contributed by atoms with van der Waals surface area (Å²) in [6.45, 7) is 0. The van der Waals surface area contributed by atoms with Gasteiger partial charge in [0.1, 0.15) is 5.82 Å². The summed E-state index contributed by atoms with van der Waals surface area (Å²) in [7, 11) is 0. The zero-order valence-electron chi connectivity index (χ0n) is 11.4. The van der Waals surface area contributed by atoms with Crippen LogP contribution in [0.3, 0.4) is 0 Å². The molecule has 2 aromatic carbocycles. The maximum Gasteiger partial charge on any atom is 0.126 e. The highest BCUT2D eigenvalue weighted by atomic mass is 79.9. The van der Waals surface area contributed by atoms with Crippen LogP contribution in [0, 0.1) is 0 Å². The van der Waals surface area contributed by atoms with Gasteiger partial charge in [-0.2, -0.15) is 0 Å². The monoisotopic (exact) mass is 338 g/mol. The minimum Gasteiger partial charge on any atom is -0.359 e. The van der Waals surface area contributed by atoms with Crippen LogP contribution < -0.4 is 5.32 Å². The molecule has 0 spiro atoms. The molecule has 3 heteroatoms. The van der Waals surface area contributed by atoms with Crippen molar-refractivity contribution >= 4 is 21.7 Å². The van der Waals surface area contributed by atoms with Crippen molar-refractivity contribution in [3.63, 3.8) is 0 Å². The minimum atomic E-state index is 0.0780. The number of aromatic nitrogens is 1. The van der Waals surface area contributed by atoms with Gasteiger partial charge in [-0.3, -0.25) is 0 Å². The summed E-state index contributed by atoms with van der Waals surface area (Å²) in [4.78, 5) is 4.37. The number of anilines is 1. The number of rotatable bonds is 4. The first-order valence-electron chi connectivity index (χ1n) is 6.81. The summed E-state index contributed by atoms with van der Waals surface area (Å²) in [5.74, 6) is 0.870. The number of halogens is 1. The number of nitrogens with one attached hydrogen (secondary N) is 1. The maximum atomic E-state index is 4.37. The molecule has 0 unspecified atom stereocenters. The number of pyridine rings is 1. The molecule has 1 heterocycles. The Bertz CT molecular complexity index is 681. The molecule has 3 rings (SSSR count). The van der Waals surface area contributed by atoms with E-state index in [-0.39, 0.29) is 6.04 Å². The van der Waals surface area contributed by atoms with Gasteiger partial charge in [0.2, 0.25) is 0 Å². The second kappa shape index (κ2) is 6.55. The fourth-order valence-electron chi connectivity index (χ4n) is 2.26. The number of hydrogen-bond donors (Lipinski definition) is 1. The predicted octanol–water partition coefficient (Wildman–Crippen LogP) is 5.05. The van der Waals surface area contributed by atoms with E-state index in [0.29, 0.717) is 0 Å². The summed E-state index contributed by atoms with van der Waals surface area (Å²) >= 11 is 3.48. The second-order valence-electron chi connectivity index (χ2n) is 4.75. The Morgan fingerprint density at radius 2 is 1.43 bits per heavy atom. The SMILES string of the molecule is Brc1ccc([C@H](Nc2ccccn2)c2ccccc2)cc1. The van der Waals surface area contributed by atoms with Crippen molar-refractivity contribution in [3.8, 4) is 0 Å². The topological polar surface area (TPSA) is 24.9 Å². The Kier molecular flexibility index (Phi) is 4.31. The number of benzene rings is 2. The van der Waals surface area contributed by atoms with Crippen LogP contribution in [0.5, 0.6) is 0 Å². The van der Waals surface area contributed by atoms with Gasteiger partial charge in [-0.05, 0) is 35.4 Å². The summed E-state index contributed by atoms with van der Waals surface area (Å²) in [5, 5.41) is 3.50. The lowest BCUT2D eigenvalue weighted by atomic mass is 9.99. The molecular weight excluding hydrogens is 324 g/mol. The van der Waals surface area contributed by atoms with Crippen LogP contribution in [-0.2, 0) is 0 Å². The Labute approximate surface area is 133 Å². The first kappa shape index (κ1) is 13.8. The van der Waals surface area contributed by atoms with Crippen LogP contribution in [-0.4, -0.2) is 4.98 Å². The summed E-state index contributed by atoms with van der Waals surface area (Å²) in [6, 6.07) is 24.7. The van der Waals surface area contributed by atoms with E-state index in [0.717, 1.165) is 10.3 Å². The third-order valence-corrected chi connectivity index (χ3v) is 3.82. The molecule has 2 nitrogen and oxygen atoms in total. The Hall–Kier alpha value is -2.13. The summed E-state index contributed by atoms with van der Waals surface area (Å²) in [5.41, 5.74) is 2.42. The van der Waals surface area contributed by atoms with Crippen LogP contribution in [0.1, 0.15) is 17.2 Å². The maximum absolute atomic E-state index is 4.37. The molecule has 0 aliphatic carbocycles. The fourth-order valence-corrected chi connectivity index (χ4v) is 2.52. The lowest BCUT2D eigenvalue weighted by Crippen LogP contribution is -2.13. The van der Waals surface area contributed by atoms with Gasteiger partial charge in [-0.15, -0.1) is 0 Å². The molecule has 0 aliphatic rings. The van der Waals surface area contributed by atoms with Crippen LogP contribution in [0.2, 0.25) is 0 Å². The Morgan fingerprint density at radius 3 is 2.10 bits per heavy atom. The van der Waals surface area contributed by atoms with Gasteiger partial charge >= 0.3 is 0 Å². The largest absolute Gasteiger partial charge is 0.359 e. The van der Waals surface area contributed by atoms with Crippen LogP contribution in [0.15, 0.2) is 83.5 Å². The smallest absolute Gasteiger partial charge is 0.126 e. The Morgan fingerprint density at radius 1 is 0.762 bits per heavy atom.